The molecular formula is C19H23ClN2O5. The molecular weight excluding hydrogens is 372 g/mol. The maximum Gasteiger partial charge on any atom is 0.311 e. The molecule has 0 radical (unpaired) electrons. The van der Waals surface area contributed by atoms with Crippen LogP contribution >= 0.6 is 11.6 Å². The number of carbonyl (C=O) groups is 3. The number of nitrogens with one attached hydrogen (secondary N) is 1. The molecule has 0 spiro atoms. The highest BCUT2D eigenvalue weighted by Gasteiger charge is 2.55. The Morgan fingerprint density at radius 2 is 2.11 bits per heavy atom. The maximum atomic E-state index is 13.0. The molecule has 0 aromatic heterocycles. The van der Waals surface area contributed by atoms with Gasteiger partial charge in [0.05, 0.1) is 22.6 Å². The van der Waals surface area contributed by atoms with Crippen molar-refractivity contribution >= 4 is 35.1 Å². The minimum Gasteiger partial charge on any atom is -0.481 e. The second kappa shape index (κ2) is 7.48. The number of fused-ring (bicyclic) bond motifs is 1. The van der Waals surface area contributed by atoms with Gasteiger partial charge in [0.2, 0.25) is 5.91 Å². The van der Waals surface area contributed by atoms with E-state index in [0.717, 1.165) is 0 Å². The summed E-state index contributed by atoms with van der Waals surface area (Å²) in [6.07, 6.45) is 0.384. The van der Waals surface area contributed by atoms with Crippen molar-refractivity contribution in [3.63, 3.8) is 0 Å². The lowest BCUT2D eigenvalue weighted by Crippen LogP contribution is -2.45. The van der Waals surface area contributed by atoms with Crippen LogP contribution in [0.5, 0.6) is 0 Å². The summed E-state index contributed by atoms with van der Waals surface area (Å²) in [5, 5.41) is 12.8. The molecule has 1 aromatic carbocycles. The van der Waals surface area contributed by atoms with Crippen LogP contribution in [0.25, 0.3) is 0 Å². The average molecular weight is 395 g/mol. The summed E-state index contributed by atoms with van der Waals surface area (Å²) in [5.41, 5.74) is -0.239. The molecule has 3 rings (SSSR count). The quantitative estimate of drug-likeness (QED) is 0.817. The number of carbonyl (C=O) groups excluding carboxylic acids is 2. The Hall–Kier alpha value is -2.12. The van der Waals surface area contributed by atoms with Gasteiger partial charge in [0.1, 0.15) is 0 Å². The largest absolute Gasteiger partial charge is 0.481 e. The van der Waals surface area contributed by atoms with Crippen LogP contribution in [0.3, 0.4) is 0 Å². The average Bonchev–Trinajstić information content (AvgIpc) is 3.03. The number of hydrogen-bond acceptors (Lipinski definition) is 4. The molecule has 0 bridgehead atoms. The first-order valence-corrected chi connectivity index (χ1v) is 9.33. The number of carboxylic acids is 1. The van der Waals surface area contributed by atoms with Gasteiger partial charge < -0.3 is 20.1 Å². The second-order valence-corrected chi connectivity index (χ2v) is 7.91. The minimum atomic E-state index is -0.968. The number of amides is 2. The van der Waals surface area contributed by atoms with Gasteiger partial charge in [-0.05, 0) is 24.6 Å². The summed E-state index contributed by atoms with van der Waals surface area (Å²) in [5.74, 6) is -1.83. The van der Waals surface area contributed by atoms with Crippen LogP contribution in [0, 0.1) is 17.3 Å². The van der Waals surface area contributed by atoms with Gasteiger partial charge >= 0.3 is 5.97 Å². The number of aliphatic carboxylic acids is 1. The number of likely N-dealkylation sites (tertiary alicyclic amines) is 1. The normalized spacial score (nSPS) is 24.6. The maximum absolute atomic E-state index is 13.0. The highest BCUT2D eigenvalue weighted by molar-refractivity contribution is 6.34. The van der Waals surface area contributed by atoms with Crippen LogP contribution in [0.1, 0.15) is 30.6 Å². The zero-order chi connectivity index (χ0) is 19.8. The molecule has 2 heterocycles. The molecule has 0 aliphatic carbocycles. The van der Waals surface area contributed by atoms with Gasteiger partial charge in [0.15, 0.2) is 0 Å². The Balaban J connectivity index is 1.84. The summed E-state index contributed by atoms with van der Waals surface area (Å²) in [4.78, 5) is 38.4. The Kier molecular flexibility index (Phi) is 5.44. The van der Waals surface area contributed by atoms with E-state index >= 15 is 0 Å². The minimum absolute atomic E-state index is 0.133. The number of ether oxygens (including phenoxy) is 1. The SMILES string of the molecule is CC(C)C(=O)Nc1ccc(Cl)c(C(=O)N2C[C@H]3COCC[C@@]3(C(=O)O)C2)c1. The van der Waals surface area contributed by atoms with Crippen molar-refractivity contribution in [1.82, 2.24) is 4.90 Å². The number of carboxylic acid groups (broad SMARTS) is 1. The lowest BCUT2D eigenvalue weighted by molar-refractivity contribution is -0.157. The smallest absolute Gasteiger partial charge is 0.311 e. The predicted molar refractivity (Wildman–Crippen MR) is 99.8 cm³/mol. The molecule has 2 N–H and O–H groups in total. The number of benzene rings is 1. The van der Waals surface area contributed by atoms with E-state index in [2.05, 4.69) is 5.32 Å². The lowest BCUT2D eigenvalue weighted by atomic mass is 9.74. The van der Waals surface area contributed by atoms with E-state index in [1.54, 1.807) is 26.0 Å². The van der Waals surface area contributed by atoms with Crippen LogP contribution in [0.4, 0.5) is 5.69 Å². The fraction of sp³-hybridized carbons (Fsp3) is 0.526. The fourth-order valence-electron chi connectivity index (χ4n) is 3.68. The van der Waals surface area contributed by atoms with Gasteiger partial charge in [-0.15, -0.1) is 0 Å². The number of anilines is 1. The zero-order valence-electron chi connectivity index (χ0n) is 15.3. The van der Waals surface area contributed by atoms with Gasteiger partial charge in [-0.2, -0.15) is 0 Å². The van der Waals surface area contributed by atoms with Crippen molar-refractivity contribution in [2.45, 2.75) is 20.3 Å². The summed E-state index contributed by atoms with van der Waals surface area (Å²) < 4.78 is 5.43. The number of rotatable bonds is 4. The van der Waals surface area contributed by atoms with Gasteiger partial charge in [-0.25, -0.2) is 0 Å². The number of halogens is 1. The molecule has 2 aliphatic rings. The first kappa shape index (κ1) is 19.6. The van der Waals surface area contributed by atoms with Crippen LogP contribution in [0.15, 0.2) is 18.2 Å². The monoisotopic (exact) mass is 394 g/mol. The van der Waals surface area contributed by atoms with E-state index in [9.17, 15) is 19.5 Å². The van der Waals surface area contributed by atoms with Crippen molar-refractivity contribution in [3.8, 4) is 0 Å². The molecule has 146 valence electrons. The van der Waals surface area contributed by atoms with Crippen LogP contribution < -0.4 is 5.32 Å². The van der Waals surface area contributed by atoms with Gasteiger partial charge in [0.25, 0.3) is 5.91 Å². The van der Waals surface area contributed by atoms with E-state index < -0.39 is 11.4 Å². The van der Waals surface area contributed by atoms with Gasteiger partial charge in [-0.1, -0.05) is 25.4 Å². The summed E-state index contributed by atoms with van der Waals surface area (Å²) >= 11 is 6.22. The molecule has 2 amide bonds. The summed E-state index contributed by atoms with van der Waals surface area (Å²) in [6, 6.07) is 4.73. The molecule has 27 heavy (non-hydrogen) atoms. The molecule has 0 saturated carbocycles. The van der Waals surface area contributed by atoms with Crippen LogP contribution in [0.2, 0.25) is 5.02 Å². The molecule has 2 atom stereocenters. The molecule has 2 fully saturated rings. The third-order valence-corrected chi connectivity index (χ3v) is 5.74. The highest BCUT2D eigenvalue weighted by Crippen LogP contribution is 2.43. The van der Waals surface area contributed by atoms with Crippen molar-refractivity contribution in [2.24, 2.45) is 17.3 Å². The Morgan fingerprint density at radius 3 is 2.74 bits per heavy atom. The predicted octanol–water partition coefficient (Wildman–Crippen LogP) is 2.50. The second-order valence-electron chi connectivity index (χ2n) is 7.51. The van der Waals surface area contributed by atoms with E-state index in [0.29, 0.717) is 31.9 Å². The van der Waals surface area contributed by atoms with Gasteiger partial charge in [0, 0.05) is 37.2 Å². The number of nitrogens with zero attached hydrogens (tertiary/aromatic N) is 1. The van der Waals surface area contributed by atoms with Crippen molar-refractivity contribution in [1.29, 1.82) is 0 Å². The highest BCUT2D eigenvalue weighted by atomic mass is 35.5. The molecule has 2 aliphatic heterocycles. The van der Waals surface area contributed by atoms with Crippen molar-refractivity contribution < 1.29 is 24.2 Å². The third kappa shape index (κ3) is 3.66. The zero-order valence-corrected chi connectivity index (χ0v) is 16.1. The van der Waals surface area contributed by atoms with Gasteiger partial charge in [-0.3, -0.25) is 14.4 Å². The van der Waals surface area contributed by atoms with Crippen LogP contribution in [-0.2, 0) is 14.3 Å². The lowest BCUT2D eigenvalue weighted by Gasteiger charge is -2.33. The summed E-state index contributed by atoms with van der Waals surface area (Å²) in [7, 11) is 0. The fourth-order valence-corrected chi connectivity index (χ4v) is 3.88. The topological polar surface area (TPSA) is 95.9 Å². The molecule has 1 aromatic rings. The van der Waals surface area contributed by atoms with E-state index in [1.165, 1.54) is 11.0 Å². The first-order valence-electron chi connectivity index (χ1n) is 8.95. The third-order valence-electron chi connectivity index (χ3n) is 5.41. The molecule has 2 saturated heterocycles. The summed E-state index contributed by atoms with van der Waals surface area (Å²) in [6.45, 7) is 4.70. The Morgan fingerprint density at radius 1 is 1.37 bits per heavy atom. The molecule has 0 unspecified atom stereocenters. The first-order chi connectivity index (χ1) is 12.7. The van der Waals surface area contributed by atoms with Crippen molar-refractivity contribution in [3.05, 3.63) is 28.8 Å². The van der Waals surface area contributed by atoms with Crippen molar-refractivity contribution in [2.75, 3.05) is 31.6 Å². The molecule has 7 nitrogen and oxygen atoms in total. The standard InChI is InChI=1S/C19H23ClN2O5/c1-11(2)16(23)21-13-3-4-15(20)14(7-13)17(24)22-8-12-9-27-6-5-19(12,10-22)18(25)26/h3-4,7,11-12H,5-6,8-10H2,1-2H3,(H,21,23)(H,25,26)/t12-,19+/m0/s1. The number of hydrogen-bond donors (Lipinski definition) is 2. The molecule has 8 heteroatoms. The van der Waals surface area contributed by atoms with E-state index in [4.69, 9.17) is 16.3 Å². The van der Waals surface area contributed by atoms with E-state index in [1.807, 2.05) is 0 Å². The van der Waals surface area contributed by atoms with E-state index in [-0.39, 0.29) is 40.8 Å². The Bertz CT molecular complexity index is 781. The van der Waals surface area contributed by atoms with Crippen LogP contribution in [-0.4, -0.2) is 54.1 Å². The Labute approximate surface area is 162 Å².